The smallest absolute Gasteiger partial charge is 0.264 e. The van der Waals surface area contributed by atoms with E-state index >= 15 is 0 Å². The Labute approximate surface area is 168 Å². The number of carbonyl (C=O) groups is 1. The first-order valence-electron chi connectivity index (χ1n) is 8.90. The number of amides is 1. The van der Waals surface area contributed by atoms with Gasteiger partial charge in [-0.1, -0.05) is 29.8 Å². The van der Waals surface area contributed by atoms with Gasteiger partial charge in [0.15, 0.2) is 5.17 Å². The quantitative estimate of drug-likeness (QED) is 0.498. The number of aryl methyl sites for hydroxylation is 1. The molecule has 2 N–H and O–H groups in total. The van der Waals surface area contributed by atoms with Crippen LogP contribution >= 0.6 is 11.8 Å². The fourth-order valence-electron chi connectivity index (χ4n) is 2.43. The number of rotatable bonds is 9. The van der Waals surface area contributed by atoms with Crippen molar-refractivity contribution in [1.82, 2.24) is 5.32 Å². The Morgan fingerprint density at radius 2 is 1.50 bits per heavy atom. The number of benzene rings is 2. The third-order valence-corrected chi connectivity index (χ3v) is 4.68. The molecule has 0 aromatic heterocycles. The van der Waals surface area contributed by atoms with Crippen LogP contribution in [0, 0.1) is 12.3 Å². The summed E-state index contributed by atoms with van der Waals surface area (Å²) in [6, 6.07) is 15.3. The number of nitrogens with one attached hydrogen (secondary N) is 2. The first-order valence-corrected chi connectivity index (χ1v) is 9.71. The summed E-state index contributed by atoms with van der Waals surface area (Å²) in [6.45, 7) is 3.95. The number of thioether (sulfide) groups is 1. The lowest BCUT2D eigenvalue weighted by Gasteiger charge is -2.09. The van der Waals surface area contributed by atoms with Gasteiger partial charge >= 0.3 is 0 Å². The van der Waals surface area contributed by atoms with Crippen LogP contribution in [-0.2, 0) is 9.53 Å². The van der Waals surface area contributed by atoms with E-state index in [-0.39, 0.29) is 11.1 Å². The average molecular weight is 398 g/mol. The maximum Gasteiger partial charge on any atom is 0.264 e. The highest BCUT2D eigenvalue weighted by Crippen LogP contribution is 2.25. The Kier molecular flexibility index (Phi) is 7.11. The minimum absolute atomic E-state index is 0.153. The number of hydrogen-bond acceptors (Lipinski definition) is 6. The third-order valence-electron chi connectivity index (χ3n) is 3.85. The van der Waals surface area contributed by atoms with Gasteiger partial charge in [0.1, 0.15) is 24.7 Å². The zero-order valence-electron chi connectivity index (χ0n) is 15.6. The van der Waals surface area contributed by atoms with Gasteiger partial charge in [0, 0.05) is 0 Å². The van der Waals surface area contributed by atoms with Crippen LogP contribution in [0.4, 0.5) is 0 Å². The van der Waals surface area contributed by atoms with Gasteiger partial charge in [-0.2, -0.15) is 0 Å². The van der Waals surface area contributed by atoms with Crippen molar-refractivity contribution in [1.29, 1.82) is 5.41 Å². The van der Waals surface area contributed by atoms with Crippen molar-refractivity contribution >= 4 is 28.9 Å². The summed E-state index contributed by atoms with van der Waals surface area (Å²) in [5.41, 5.74) is 2.08. The van der Waals surface area contributed by atoms with Crippen molar-refractivity contribution in [2.75, 3.05) is 26.4 Å². The van der Waals surface area contributed by atoms with E-state index in [1.54, 1.807) is 6.08 Å². The van der Waals surface area contributed by atoms with Gasteiger partial charge in [-0.3, -0.25) is 10.2 Å². The van der Waals surface area contributed by atoms with Crippen molar-refractivity contribution in [3.63, 3.8) is 0 Å². The molecule has 1 fully saturated rings. The summed E-state index contributed by atoms with van der Waals surface area (Å²) in [5.74, 6) is 1.34. The summed E-state index contributed by atoms with van der Waals surface area (Å²) < 4.78 is 16.7. The lowest BCUT2D eigenvalue weighted by atomic mass is 10.2. The molecule has 0 radical (unpaired) electrons. The van der Waals surface area contributed by atoms with Crippen LogP contribution in [0.5, 0.6) is 11.5 Å². The molecule has 0 atom stereocenters. The number of amidine groups is 1. The summed E-state index contributed by atoms with van der Waals surface area (Å²) in [4.78, 5) is 12.1. The van der Waals surface area contributed by atoms with Crippen molar-refractivity contribution in [2.45, 2.75) is 6.92 Å². The SMILES string of the molecule is Cc1ccc(OCCOCCOc2ccc(C=C3SC(=N)NC3=O)cc2)cc1. The fraction of sp³-hybridized carbons (Fsp3) is 0.238. The molecule has 1 amide bonds. The van der Waals surface area contributed by atoms with Crippen LogP contribution in [0.15, 0.2) is 53.4 Å². The Morgan fingerprint density at radius 1 is 0.929 bits per heavy atom. The molecule has 0 saturated carbocycles. The highest BCUT2D eigenvalue weighted by Gasteiger charge is 2.21. The normalized spacial score (nSPS) is 15.0. The van der Waals surface area contributed by atoms with Gasteiger partial charge in [0.25, 0.3) is 5.91 Å². The average Bonchev–Trinajstić information content (AvgIpc) is 3.00. The standard InChI is InChI=1S/C21H22N2O4S/c1-15-2-6-17(7-3-15)26-12-10-25-11-13-27-18-8-4-16(5-9-18)14-19-20(24)23-21(22)28-19/h2-9,14H,10-13H2,1H3,(H2,22,23,24). The number of hydrogen-bond donors (Lipinski definition) is 2. The molecule has 7 heteroatoms. The molecule has 2 aromatic rings. The molecule has 1 aliphatic heterocycles. The van der Waals surface area contributed by atoms with E-state index in [9.17, 15) is 4.79 Å². The molecule has 1 heterocycles. The summed E-state index contributed by atoms with van der Waals surface area (Å²) in [5, 5.41) is 10.1. The topological polar surface area (TPSA) is 80.6 Å². The second-order valence-corrected chi connectivity index (χ2v) is 7.14. The molecule has 1 saturated heterocycles. The third kappa shape index (κ3) is 6.14. The molecular formula is C21H22N2O4S. The van der Waals surface area contributed by atoms with Gasteiger partial charge < -0.3 is 19.5 Å². The Balaban J connectivity index is 1.32. The van der Waals surface area contributed by atoms with Crippen LogP contribution in [0.2, 0.25) is 0 Å². The zero-order chi connectivity index (χ0) is 19.8. The lowest BCUT2D eigenvalue weighted by Crippen LogP contribution is -2.18. The van der Waals surface area contributed by atoms with E-state index in [1.165, 1.54) is 5.56 Å². The second kappa shape index (κ2) is 9.96. The Morgan fingerprint density at radius 3 is 2.04 bits per heavy atom. The molecule has 28 heavy (non-hydrogen) atoms. The van der Waals surface area contributed by atoms with Crippen molar-refractivity contribution in [3.05, 3.63) is 64.6 Å². The predicted molar refractivity (Wildman–Crippen MR) is 111 cm³/mol. The minimum atomic E-state index is -0.237. The molecule has 0 spiro atoms. The Bertz CT molecular complexity index is 848. The van der Waals surface area contributed by atoms with E-state index in [1.807, 2.05) is 55.5 Å². The molecule has 0 aliphatic carbocycles. The van der Waals surface area contributed by atoms with Crippen LogP contribution in [-0.4, -0.2) is 37.5 Å². The van der Waals surface area contributed by atoms with Crippen LogP contribution < -0.4 is 14.8 Å². The molecule has 1 aliphatic rings. The second-order valence-electron chi connectivity index (χ2n) is 6.09. The monoisotopic (exact) mass is 398 g/mol. The minimum Gasteiger partial charge on any atom is -0.491 e. The van der Waals surface area contributed by atoms with Crippen LogP contribution in [0.3, 0.4) is 0 Å². The molecule has 3 rings (SSSR count). The van der Waals surface area contributed by atoms with Gasteiger partial charge in [-0.25, -0.2) is 0 Å². The summed E-state index contributed by atoms with van der Waals surface area (Å²) in [6.07, 6.45) is 1.75. The van der Waals surface area contributed by atoms with Gasteiger partial charge in [0.2, 0.25) is 0 Å². The largest absolute Gasteiger partial charge is 0.491 e. The summed E-state index contributed by atoms with van der Waals surface area (Å²) >= 11 is 1.12. The van der Waals surface area contributed by atoms with Crippen LogP contribution in [0.1, 0.15) is 11.1 Å². The number of carbonyl (C=O) groups excluding carboxylic acids is 1. The van der Waals surface area contributed by atoms with Gasteiger partial charge in [-0.05, 0) is 54.6 Å². The zero-order valence-corrected chi connectivity index (χ0v) is 16.4. The van der Waals surface area contributed by atoms with E-state index in [2.05, 4.69) is 5.32 Å². The first-order chi connectivity index (χ1) is 13.6. The predicted octanol–water partition coefficient (Wildman–Crippen LogP) is 3.61. The van der Waals surface area contributed by atoms with E-state index in [4.69, 9.17) is 19.6 Å². The highest BCUT2D eigenvalue weighted by atomic mass is 32.2. The summed E-state index contributed by atoms with van der Waals surface area (Å²) in [7, 11) is 0. The van der Waals surface area contributed by atoms with Crippen LogP contribution in [0.25, 0.3) is 6.08 Å². The maximum absolute atomic E-state index is 11.6. The van der Waals surface area contributed by atoms with E-state index in [0.29, 0.717) is 31.3 Å². The first kappa shape index (κ1) is 20.0. The maximum atomic E-state index is 11.6. The molecule has 2 aromatic carbocycles. The fourth-order valence-corrected chi connectivity index (χ4v) is 3.13. The van der Waals surface area contributed by atoms with E-state index in [0.717, 1.165) is 28.8 Å². The van der Waals surface area contributed by atoms with Crippen molar-refractivity contribution in [2.24, 2.45) is 0 Å². The molecule has 0 unspecified atom stereocenters. The molecule has 6 nitrogen and oxygen atoms in total. The number of ether oxygens (including phenoxy) is 3. The lowest BCUT2D eigenvalue weighted by molar-refractivity contribution is -0.115. The van der Waals surface area contributed by atoms with Crippen molar-refractivity contribution < 1.29 is 19.0 Å². The van der Waals surface area contributed by atoms with Gasteiger partial charge in [-0.15, -0.1) is 0 Å². The molecule has 146 valence electrons. The van der Waals surface area contributed by atoms with E-state index < -0.39 is 0 Å². The highest BCUT2D eigenvalue weighted by molar-refractivity contribution is 8.18. The van der Waals surface area contributed by atoms with Crippen molar-refractivity contribution in [3.8, 4) is 11.5 Å². The molecule has 0 bridgehead atoms. The Hall–Kier alpha value is -2.77. The molecular weight excluding hydrogens is 376 g/mol. The van der Waals surface area contributed by atoms with Gasteiger partial charge in [0.05, 0.1) is 18.1 Å².